The first-order chi connectivity index (χ1) is 13.2. The molecule has 29 heavy (non-hydrogen) atoms. The average molecular weight is 459 g/mol. The molecule has 6 nitrogen and oxygen atoms in total. The van der Waals surface area contributed by atoms with Crippen molar-refractivity contribution in [3.05, 3.63) is 52.8 Å². The number of halogens is 3. The summed E-state index contributed by atoms with van der Waals surface area (Å²) in [5.41, 5.74) is 1.49. The molecule has 1 atom stereocenters. The van der Waals surface area contributed by atoms with Crippen molar-refractivity contribution in [2.75, 3.05) is 37.6 Å². The van der Waals surface area contributed by atoms with E-state index in [-0.39, 0.29) is 36.8 Å². The number of carbonyl (C=O) groups excluding carboxylic acids is 1. The molecule has 2 aromatic rings. The summed E-state index contributed by atoms with van der Waals surface area (Å²) in [6.07, 6.45) is 5.24. The Hall–Kier alpha value is -1.60. The molecule has 1 amide bonds. The van der Waals surface area contributed by atoms with Gasteiger partial charge in [0.1, 0.15) is 5.69 Å². The number of hydrogen-bond acceptors (Lipinski definition) is 5. The van der Waals surface area contributed by atoms with Crippen LogP contribution in [0.1, 0.15) is 41.4 Å². The normalized spacial score (nSPS) is 19.1. The van der Waals surface area contributed by atoms with Crippen LogP contribution in [-0.4, -0.2) is 53.5 Å². The minimum Gasteiger partial charge on any atom is -0.341 e. The van der Waals surface area contributed by atoms with Gasteiger partial charge in [-0.25, -0.2) is 9.97 Å². The standard InChI is InChI=1S/C20H24ClN5O.2ClH/c21-16-6-4-5-15(13-16)18-14-22-9-12-26(18)19(27)17-7-8-23-20(24-17)25-10-2-1-3-11-25;;/h4-8,13,18,22H,1-3,9-12,14H2;2*1H. The SMILES string of the molecule is Cl.Cl.O=C(c1ccnc(N2CCCCC2)n1)N1CCNCC1c1cccc(Cl)c1. The van der Waals surface area contributed by atoms with E-state index in [0.29, 0.717) is 29.8 Å². The van der Waals surface area contributed by atoms with Crippen molar-refractivity contribution < 1.29 is 4.79 Å². The van der Waals surface area contributed by atoms with Crippen LogP contribution in [0.25, 0.3) is 0 Å². The van der Waals surface area contributed by atoms with Crippen LogP contribution in [0.4, 0.5) is 5.95 Å². The number of nitrogens with one attached hydrogen (secondary N) is 1. The van der Waals surface area contributed by atoms with E-state index in [4.69, 9.17) is 11.6 Å². The van der Waals surface area contributed by atoms with Gasteiger partial charge in [-0.1, -0.05) is 23.7 Å². The molecular formula is C20H26Cl3N5O. The van der Waals surface area contributed by atoms with E-state index < -0.39 is 0 Å². The fraction of sp³-hybridized carbons (Fsp3) is 0.450. The molecule has 4 rings (SSSR count). The second-order valence-electron chi connectivity index (χ2n) is 7.06. The Labute approximate surface area is 188 Å². The van der Waals surface area contributed by atoms with Crippen LogP contribution in [0, 0.1) is 0 Å². The molecule has 158 valence electrons. The summed E-state index contributed by atoms with van der Waals surface area (Å²) in [4.78, 5) is 26.3. The summed E-state index contributed by atoms with van der Waals surface area (Å²) in [5, 5.41) is 4.05. The summed E-state index contributed by atoms with van der Waals surface area (Å²) in [5.74, 6) is 0.608. The predicted octanol–water partition coefficient (Wildman–Crippen LogP) is 3.75. The second-order valence-corrected chi connectivity index (χ2v) is 7.50. The number of anilines is 1. The first kappa shape index (κ1) is 23.7. The molecule has 3 heterocycles. The lowest BCUT2D eigenvalue weighted by Crippen LogP contribution is -2.49. The Morgan fingerprint density at radius 3 is 2.66 bits per heavy atom. The predicted molar refractivity (Wildman–Crippen MR) is 121 cm³/mol. The van der Waals surface area contributed by atoms with Gasteiger partial charge in [-0.15, -0.1) is 24.8 Å². The van der Waals surface area contributed by atoms with E-state index in [9.17, 15) is 4.79 Å². The zero-order valence-corrected chi connectivity index (χ0v) is 18.5. The maximum Gasteiger partial charge on any atom is 0.273 e. The minimum atomic E-state index is -0.0571. The van der Waals surface area contributed by atoms with Gasteiger partial charge in [0.15, 0.2) is 0 Å². The number of benzene rings is 1. The zero-order chi connectivity index (χ0) is 18.6. The van der Waals surface area contributed by atoms with Crippen molar-refractivity contribution in [2.24, 2.45) is 0 Å². The van der Waals surface area contributed by atoms with Gasteiger partial charge in [0.05, 0.1) is 6.04 Å². The van der Waals surface area contributed by atoms with Crippen molar-refractivity contribution in [3.63, 3.8) is 0 Å². The lowest BCUT2D eigenvalue weighted by molar-refractivity contribution is 0.0628. The molecule has 1 aromatic heterocycles. The lowest BCUT2D eigenvalue weighted by Gasteiger charge is -2.36. The van der Waals surface area contributed by atoms with Crippen LogP contribution in [-0.2, 0) is 0 Å². The van der Waals surface area contributed by atoms with E-state index in [1.807, 2.05) is 29.2 Å². The largest absolute Gasteiger partial charge is 0.341 e. The summed E-state index contributed by atoms with van der Waals surface area (Å²) < 4.78 is 0. The molecule has 2 fully saturated rings. The average Bonchev–Trinajstić information content (AvgIpc) is 2.74. The highest BCUT2D eigenvalue weighted by atomic mass is 35.5. The molecule has 0 radical (unpaired) electrons. The van der Waals surface area contributed by atoms with Crippen molar-refractivity contribution in [2.45, 2.75) is 25.3 Å². The molecule has 1 aromatic carbocycles. The van der Waals surface area contributed by atoms with Crippen molar-refractivity contribution in [1.82, 2.24) is 20.2 Å². The van der Waals surface area contributed by atoms with E-state index in [1.165, 1.54) is 6.42 Å². The number of hydrogen-bond donors (Lipinski definition) is 1. The van der Waals surface area contributed by atoms with Gasteiger partial charge in [0.25, 0.3) is 5.91 Å². The van der Waals surface area contributed by atoms with Crippen LogP contribution in [0.2, 0.25) is 5.02 Å². The Morgan fingerprint density at radius 2 is 1.90 bits per heavy atom. The maximum atomic E-state index is 13.3. The molecular weight excluding hydrogens is 433 g/mol. The monoisotopic (exact) mass is 457 g/mol. The van der Waals surface area contributed by atoms with Crippen LogP contribution in [0.5, 0.6) is 0 Å². The topological polar surface area (TPSA) is 61.4 Å². The highest BCUT2D eigenvalue weighted by molar-refractivity contribution is 6.30. The van der Waals surface area contributed by atoms with E-state index >= 15 is 0 Å². The number of amides is 1. The van der Waals surface area contributed by atoms with Crippen molar-refractivity contribution in [3.8, 4) is 0 Å². The van der Waals surface area contributed by atoms with Gasteiger partial charge in [0.2, 0.25) is 5.95 Å². The van der Waals surface area contributed by atoms with E-state index in [0.717, 1.165) is 38.0 Å². The Morgan fingerprint density at radius 1 is 1.10 bits per heavy atom. The molecule has 2 aliphatic rings. The third kappa shape index (κ3) is 5.51. The first-order valence-corrected chi connectivity index (χ1v) is 9.95. The summed E-state index contributed by atoms with van der Waals surface area (Å²) >= 11 is 6.17. The summed E-state index contributed by atoms with van der Waals surface area (Å²) in [7, 11) is 0. The summed E-state index contributed by atoms with van der Waals surface area (Å²) in [6, 6.07) is 9.38. The van der Waals surface area contributed by atoms with Crippen molar-refractivity contribution in [1.29, 1.82) is 0 Å². The molecule has 1 unspecified atom stereocenters. The van der Waals surface area contributed by atoms with E-state index in [1.54, 1.807) is 12.3 Å². The smallest absolute Gasteiger partial charge is 0.273 e. The molecule has 9 heteroatoms. The highest BCUT2D eigenvalue weighted by Gasteiger charge is 2.30. The Balaban J connectivity index is 0.00000150. The third-order valence-corrected chi connectivity index (χ3v) is 5.47. The molecule has 0 bridgehead atoms. The first-order valence-electron chi connectivity index (χ1n) is 9.57. The molecule has 0 saturated carbocycles. The van der Waals surface area contributed by atoms with Gasteiger partial charge >= 0.3 is 0 Å². The summed E-state index contributed by atoms with van der Waals surface area (Å²) in [6.45, 7) is 4.02. The Bertz CT molecular complexity index is 816. The van der Waals surface area contributed by atoms with Gasteiger partial charge in [0, 0.05) is 43.9 Å². The fourth-order valence-electron chi connectivity index (χ4n) is 3.82. The van der Waals surface area contributed by atoms with Crippen LogP contribution in [0.15, 0.2) is 36.5 Å². The van der Waals surface area contributed by atoms with Crippen LogP contribution >= 0.6 is 36.4 Å². The van der Waals surface area contributed by atoms with Crippen LogP contribution in [0.3, 0.4) is 0 Å². The molecule has 0 spiro atoms. The second kappa shape index (κ2) is 11.0. The zero-order valence-electron chi connectivity index (χ0n) is 16.1. The third-order valence-electron chi connectivity index (χ3n) is 5.24. The minimum absolute atomic E-state index is 0. The highest BCUT2D eigenvalue weighted by Crippen LogP contribution is 2.26. The van der Waals surface area contributed by atoms with E-state index in [2.05, 4.69) is 20.2 Å². The van der Waals surface area contributed by atoms with Crippen molar-refractivity contribution >= 4 is 48.3 Å². The molecule has 1 N–H and O–H groups in total. The molecule has 0 aliphatic carbocycles. The van der Waals surface area contributed by atoms with Gasteiger partial charge < -0.3 is 15.1 Å². The Kier molecular flexibility index (Phi) is 8.96. The number of carbonyl (C=O) groups is 1. The number of rotatable bonds is 3. The maximum absolute atomic E-state index is 13.3. The van der Waals surface area contributed by atoms with Gasteiger partial charge in [-0.05, 0) is 43.0 Å². The molecule has 2 aliphatic heterocycles. The van der Waals surface area contributed by atoms with Gasteiger partial charge in [-0.2, -0.15) is 0 Å². The number of aromatic nitrogens is 2. The fourth-order valence-corrected chi connectivity index (χ4v) is 4.02. The number of piperazine rings is 1. The number of nitrogens with zero attached hydrogens (tertiary/aromatic N) is 4. The van der Waals surface area contributed by atoms with Gasteiger partial charge in [-0.3, -0.25) is 4.79 Å². The quantitative estimate of drug-likeness (QED) is 0.759. The number of piperidine rings is 1. The molecule has 2 saturated heterocycles. The lowest BCUT2D eigenvalue weighted by atomic mass is 10.0. The van der Waals surface area contributed by atoms with Crippen LogP contribution < -0.4 is 10.2 Å².